The molecule has 0 spiro atoms. The Hall–Kier alpha value is -0.0900. The first-order valence-electron chi connectivity index (χ1n) is 5.74. The van der Waals surface area contributed by atoms with Gasteiger partial charge in [-0.1, -0.05) is 24.6 Å². The van der Waals surface area contributed by atoms with E-state index >= 15 is 0 Å². The van der Waals surface area contributed by atoms with Crippen molar-refractivity contribution in [1.82, 2.24) is 4.90 Å². The average molecular weight is 315 g/mol. The number of aryl methyl sites for hydroxylation is 1. The molecule has 0 unspecified atom stereocenters. The molecule has 1 heterocycles. The van der Waals surface area contributed by atoms with Crippen LogP contribution in [-0.4, -0.2) is 18.0 Å². The Morgan fingerprint density at radius 2 is 1.93 bits per heavy atom. The quantitative estimate of drug-likeness (QED) is 0.754. The van der Waals surface area contributed by atoms with Gasteiger partial charge < -0.3 is 0 Å². The van der Waals surface area contributed by atoms with Crippen molar-refractivity contribution < 1.29 is 0 Å². The first kappa shape index (κ1) is 11.4. The Morgan fingerprint density at radius 1 is 1.20 bits per heavy atom. The maximum absolute atomic E-state index is 2.58. The summed E-state index contributed by atoms with van der Waals surface area (Å²) < 4.78 is 1.45. The Morgan fingerprint density at radius 3 is 2.67 bits per heavy atom. The number of rotatable bonds is 2. The lowest BCUT2D eigenvalue weighted by Gasteiger charge is -2.27. The maximum atomic E-state index is 2.58. The van der Waals surface area contributed by atoms with Crippen LogP contribution in [-0.2, 0) is 6.54 Å². The highest BCUT2D eigenvalue weighted by atomic mass is 127. The molecule has 0 saturated carbocycles. The summed E-state index contributed by atoms with van der Waals surface area (Å²) in [6.07, 6.45) is 4.17. The fraction of sp³-hybridized carbons (Fsp3) is 0.538. The van der Waals surface area contributed by atoms with Gasteiger partial charge in [0.15, 0.2) is 0 Å². The molecule has 1 aliphatic rings. The van der Waals surface area contributed by atoms with E-state index in [1.807, 2.05) is 0 Å². The van der Waals surface area contributed by atoms with E-state index < -0.39 is 0 Å². The third-order valence-electron chi connectivity index (χ3n) is 3.11. The van der Waals surface area contributed by atoms with Crippen molar-refractivity contribution in [3.05, 3.63) is 32.9 Å². The zero-order chi connectivity index (χ0) is 10.7. The summed E-state index contributed by atoms with van der Waals surface area (Å²) in [5.74, 6) is 0. The topological polar surface area (TPSA) is 3.24 Å². The second-order valence-corrected chi connectivity index (χ2v) is 5.46. The van der Waals surface area contributed by atoms with Crippen molar-refractivity contribution in [3.63, 3.8) is 0 Å². The van der Waals surface area contributed by atoms with E-state index in [2.05, 4.69) is 52.6 Å². The number of hydrogen-bond donors (Lipinski definition) is 0. The normalized spacial score (nSPS) is 18.0. The van der Waals surface area contributed by atoms with E-state index in [-0.39, 0.29) is 0 Å². The summed E-state index contributed by atoms with van der Waals surface area (Å²) in [6, 6.07) is 6.64. The highest BCUT2D eigenvalue weighted by Crippen LogP contribution is 2.20. The van der Waals surface area contributed by atoms with Gasteiger partial charge in [0, 0.05) is 10.1 Å². The van der Waals surface area contributed by atoms with Gasteiger partial charge in [-0.15, -0.1) is 0 Å². The predicted molar refractivity (Wildman–Crippen MR) is 73.0 cm³/mol. The van der Waals surface area contributed by atoms with E-state index in [0.29, 0.717) is 0 Å². The molecule has 0 aliphatic carbocycles. The van der Waals surface area contributed by atoms with Crippen LogP contribution in [0.3, 0.4) is 0 Å². The number of benzene rings is 1. The summed E-state index contributed by atoms with van der Waals surface area (Å²) in [5, 5.41) is 0. The molecule has 0 N–H and O–H groups in total. The minimum absolute atomic E-state index is 1.14. The fourth-order valence-electron chi connectivity index (χ4n) is 2.19. The zero-order valence-electron chi connectivity index (χ0n) is 9.30. The van der Waals surface area contributed by atoms with Crippen molar-refractivity contribution in [2.75, 3.05) is 13.1 Å². The summed E-state index contributed by atoms with van der Waals surface area (Å²) in [5.41, 5.74) is 2.91. The second kappa shape index (κ2) is 5.30. The average Bonchev–Trinajstić information content (AvgIpc) is 2.26. The van der Waals surface area contributed by atoms with Crippen molar-refractivity contribution in [2.45, 2.75) is 32.7 Å². The van der Waals surface area contributed by atoms with Gasteiger partial charge in [0.2, 0.25) is 0 Å². The molecule has 1 aromatic rings. The highest BCUT2D eigenvalue weighted by Gasteiger charge is 2.12. The summed E-state index contributed by atoms with van der Waals surface area (Å²) >= 11 is 2.47. The molecule has 1 saturated heterocycles. The fourth-order valence-corrected chi connectivity index (χ4v) is 2.72. The molecule has 2 rings (SSSR count). The van der Waals surface area contributed by atoms with Crippen molar-refractivity contribution >= 4 is 22.6 Å². The molecule has 0 bridgehead atoms. The molecule has 1 fully saturated rings. The molecule has 1 nitrogen and oxygen atoms in total. The second-order valence-electron chi connectivity index (χ2n) is 4.38. The smallest absolute Gasteiger partial charge is 0.0244 e. The van der Waals surface area contributed by atoms with Gasteiger partial charge in [-0.25, -0.2) is 0 Å². The minimum Gasteiger partial charge on any atom is -0.299 e. The van der Waals surface area contributed by atoms with Crippen LogP contribution in [0, 0.1) is 10.5 Å². The monoisotopic (exact) mass is 315 g/mol. The molecule has 15 heavy (non-hydrogen) atoms. The Labute approximate surface area is 106 Å². The van der Waals surface area contributed by atoms with Crippen LogP contribution in [0.5, 0.6) is 0 Å². The number of hydrogen-bond acceptors (Lipinski definition) is 1. The van der Waals surface area contributed by atoms with E-state index in [1.54, 1.807) is 0 Å². The van der Waals surface area contributed by atoms with Gasteiger partial charge in [0.1, 0.15) is 0 Å². The van der Waals surface area contributed by atoms with Gasteiger partial charge in [0.05, 0.1) is 0 Å². The van der Waals surface area contributed by atoms with E-state index in [1.165, 1.54) is 47.0 Å². The first-order valence-corrected chi connectivity index (χ1v) is 6.81. The van der Waals surface area contributed by atoms with E-state index in [0.717, 1.165) is 6.54 Å². The van der Waals surface area contributed by atoms with Gasteiger partial charge in [-0.3, -0.25) is 4.90 Å². The van der Waals surface area contributed by atoms with Crippen LogP contribution in [0.4, 0.5) is 0 Å². The molecule has 0 amide bonds. The highest BCUT2D eigenvalue weighted by molar-refractivity contribution is 14.1. The third-order valence-corrected chi connectivity index (χ3v) is 4.66. The van der Waals surface area contributed by atoms with Crippen LogP contribution >= 0.6 is 22.6 Å². The SMILES string of the molecule is Cc1cccc(CN2CCCCC2)c1I. The summed E-state index contributed by atoms with van der Waals surface area (Å²) in [4.78, 5) is 2.58. The van der Waals surface area contributed by atoms with Crippen molar-refractivity contribution in [3.8, 4) is 0 Å². The van der Waals surface area contributed by atoms with Gasteiger partial charge >= 0.3 is 0 Å². The molecular formula is C13H18IN. The number of halogens is 1. The number of likely N-dealkylation sites (tertiary alicyclic amines) is 1. The minimum atomic E-state index is 1.14. The molecule has 1 aromatic carbocycles. The van der Waals surface area contributed by atoms with Crippen LogP contribution < -0.4 is 0 Å². The molecule has 1 aliphatic heterocycles. The maximum Gasteiger partial charge on any atom is 0.0244 e. The Kier molecular flexibility index (Phi) is 4.03. The zero-order valence-corrected chi connectivity index (χ0v) is 11.5. The van der Waals surface area contributed by atoms with Gasteiger partial charge in [0.25, 0.3) is 0 Å². The lowest BCUT2D eigenvalue weighted by Crippen LogP contribution is -2.29. The van der Waals surface area contributed by atoms with Crippen molar-refractivity contribution in [2.24, 2.45) is 0 Å². The Bertz CT molecular complexity index is 329. The lowest BCUT2D eigenvalue weighted by atomic mass is 10.1. The number of nitrogens with zero attached hydrogens (tertiary/aromatic N) is 1. The molecule has 2 heteroatoms. The standard InChI is InChI=1S/C13H18IN/c1-11-6-5-7-12(13(11)14)10-15-8-3-2-4-9-15/h5-7H,2-4,8-10H2,1H3. The Balaban J connectivity index is 2.06. The van der Waals surface area contributed by atoms with E-state index in [4.69, 9.17) is 0 Å². The molecule has 0 radical (unpaired) electrons. The van der Waals surface area contributed by atoms with Crippen LogP contribution in [0.15, 0.2) is 18.2 Å². The summed E-state index contributed by atoms with van der Waals surface area (Å²) in [6.45, 7) is 5.90. The third kappa shape index (κ3) is 2.94. The van der Waals surface area contributed by atoms with Gasteiger partial charge in [-0.2, -0.15) is 0 Å². The van der Waals surface area contributed by atoms with Crippen LogP contribution in [0.25, 0.3) is 0 Å². The molecule has 0 aromatic heterocycles. The van der Waals surface area contributed by atoms with E-state index in [9.17, 15) is 0 Å². The molecule has 82 valence electrons. The first-order chi connectivity index (χ1) is 7.27. The van der Waals surface area contributed by atoms with Gasteiger partial charge in [-0.05, 0) is 66.6 Å². The number of piperidine rings is 1. The molecule has 0 atom stereocenters. The lowest BCUT2D eigenvalue weighted by molar-refractivity contribution is 0.220. The van der Waals surface area contributed by atoms with Crippen LogP contribution in [0.1, 0.15) is 30.4 Å². The molecular weight excluding hydrogens is 297 g/mol. The summed E-state index contributed by atoms with van der Waals surface area (Å²) in [7, 11) is 0. The van der Waals surface area contributed by atoms with Crippen molar-refractivity contribution in [1.29, 1.82) is 0 Å². The largest absolute Gasteiger partial charge is 0.299 e. The van der Waals surface area contributed by atoms with Crippen LogP contribution in [0.2, 0.25) is 0 Å². The predicted octanol–water partition coefficient (Wildman–Crippen LogP) is 3.59.